The standard InChI is InChI=1S/C61H115NO5/c1-3-5-7-9-11-13-15-16-31-35-39-43-47-51-55-61(66)67-56-52-48-44-40-36-32-29-27-25-23-21-19-17-18-20-22-24-26-28-30-34-38-42-46-50-54-60(65)62-58(57-63)59(64)53-49-45-41-37-33-14-12-10-8-6-4-2/h9,11,15-16,18,20,58-59,63-64H,3-8,10,12-14,17,19,21-57H2,1-2H3,(H,62,65)/b11-9-,16-15-,20-18-. The third kappa shape index (κ3) is 53.3. The Morgan fingerprint density at radius 2 is 0.761 bits per heavy atom. The fourth-order valence-electron chi connectivity index (χ4n) is 9.06. The number of hydrogen-bond donors (Lipinski definition) is 3. The van der Waals surface area contributed by atoms with Gasteiger partial charge in [0, 0.05) is 12.8 Å². The number of unbranched alkanes of at least 4 members (excludes halogenated alkanes) is 38. The van der Waals surface area contributed by atoms with E-state index in [1.807, 2.05) is 0 Å². The summed E-state index contributed by atoms with van der Waals surface area (Å²) in [5, 5.41) is 23.2. The van der Waals surface area contributed by atoms with E-state index in [9.17, 15) is 19.8 Å². The van der Waals surface area contributed by atoms with E-state index in [4.69, 9.17) is 4.74 Å². The van der Waals surface area contributed by atoms with Crippen molar-refractivity contribution in [3.05, 3.63) is 36.5 Å². The van der Waals surface area contributed by atoms with Crippen LogP contribution in [0, 0.1) is 0 Å². The summed E-state index contributed by atoms with van der Waals surface area (Å²) in [5.74, 6) is -0.0404. The van der Waals surface area contributed by atoms with Gasteiger partial charge in [-0.15, -0.1) is 0 Å². The van der Waals surface area contributed by atoms with Crippen LogP contribution in [0.3, 0.4) is 0 Å². The summed E-state index contributed by atoms with van der Waals surface area (Å²) in [5.41, 5.74) is 0. The van der Waals surface area contributed by atoms with Crippen molar-refractivity contribution in [2.24, 2.45) is 0 Å². The molecule has 1 amide bonds. The Hall–Kier alpha value is -1.92. The molecule has 0 fully saturated rings. The number of ether oxygens (including phenoxy) is 1. The van der Waals surface area contributed by atoms with Gasteiger partial charge in [-0.3, -0.25) is 9.59 Å². The van der Waals surface area contributed by atoms with Gasteiger partial charge < -0.3 is 20.3 Å². The number of aliphatic hydroxyl groups is 2. The minimum Gasteiger partial charge on any atom is -0.466 e. The zero-order chi connectivity index (χ0) is 48.6. The number of rotatable bonds is 55. The van der Waals surface area contributed by atoms with Crippen molar-refractivity contribution in [3.63, 3.8) is 0 Å². The van der Waals surface area contributed by atoms with E-state index in [1.54, 1.807) is 0 Å². The average molecular weight is 943 g/mol. The van der Waals surface area contributed by atoms with E-state index in [0.717, 1.165) is 51.4 Å². The molecule has 0 aliphatic rings. The average Bonchev–Trinajstić information content (AvgIpc) is 3.33. The van der Waals surface area contributed by atoms with Crippen LogP contribution in [0.1, 0.15) is 316 Å². The molecule has 0 aliphatic carbocycles. The number of amides is 1. The second kappa shape index (κ2) is 56.7. The molecule has 0 saturated carbocycles. The van der Waals surface area contributed by atoms with Gasteiger partial charge >= 0.3 is 5.97 Å². The molecule has 0 bridgehead atoms. The summed E-state index contributed by atoms with van der Waals surface area (Å²) in [6, 6.07) is -0.542. The summed E-state index contributed by atoms with van der Waals surface area (Å²) in [6.45, 7) is 4.90. The Morgan fingerprint density at radius 3 is 1.19 bits per heavy atom. The maximum absolute atomic E-state index is 12.4. The molecular weight excluding hydrogens is 827 g/mol. The molecule has 0 aromatic carbocycles. The normalized spacial score (nSPS) is 12.8. The van der Waals surface area contributed by atoms with Crippen LogP contribution in [-0.2, 0) is 14.3 Å². The molecule has 67 heavy (non-hydrogen) atoms. The Labute approximate surface area is 417 Å². The lowest BCUT2D eigenvalue weighted by atomic mass is 10.0. The van der Waals surface area contributed by atoms with E-state index >= 15 is 0 Å². The van der Waals surface area contributed by atoms with Gasteiger partial charge in [0.2, 0.25) is 5.91 Å². The number of carbonyl (C=O) groups excluding carboxylic acids is 2. The van der Waals surface area contributed by atoms with Crippen LogP contribution >= 0.6 is 0 Å². The molecule has 2 unspecified atom stereocenters. The monoisotopic (exact) mass is 942 g/mol. The van der Waals surface area contributed by atoms with Crippen molar-refractivity contribution >= 4 is 11.9 Å². The fourth-order valence-corrected chi connectivity index (χ4v) is 9.06. The van der Waals surface area contributed by atoms with Gasteiger partial charge in [-0.2, -0.15) is 0 Å². The molecule has 0 saturated heterocycles. The Bertz CT molecular complexity index is 1090. The topological polar surface area (TPSA) is 95.9 Å². The van der Waals surface area contributed by atoms with Crippen LogP contribution in [0.5, 0.6) is 0 Å². The molecule has 0 aliphatic heterocycles. The number of carbonyl (C=O) groups is 2. The van der Waals surface area contributed by atoms with Crippen molar-refractivity contribution in [2.75, 3.05) is 13.2 Å². The smallest absolute Gasteiger partial charge is 0.305 e. The predicted molar refractivity (Wildman–Crippen MR) is 292 cm³/mol. The molecule has 0 spiro atoms. The molecule has 0 aromatic heterocycles. The summed E-state index contributed by atoms with van der Waals surface area (Å²) in [4.78, 5) is 24.5. The maximum atomic E-state index is 12.4. The van der Waals surface area contributed by atoms with Gasteiger partial charge in [0.25, 0.3) is 0 Å². The number of allylic oxidation sites excluding steroid dienone is 6. The molecular formula is C61H115NO5. The fraction of sp³-hybridized carbons (Fsp3) is 0.869. The van der Waals surface area contributed by atoms with Gasteiger partial charge in [0.15, 0.2) is 0 Å². The Morgan fingerprint density at radius 1 is 0.418 bits per heavy atom. The summed E-state index contributed by atoms with van der Waals surface area (Å²) in [7, 11) is 0. The highest BCUT2D eigenvalue weighted by Crippen LogP contribution is 2.17. The first-order chi connectivity index (χ1) is 33.0. The Balaban J connectivity index is 3.39. The lowest BCUT2D eigenvalue weighted by Crippen LogP contribution is -2.45. The quantitative estimate of drug-likeness (QED) is 0.0321. The van der Waals surface area contributed by atoms with Crippen molar-refractivity contribution in [2.45, 2.75) is 328 Å². The summed E-state index contributed by atoms with van der Waals surface area (Å²) in [6.07, 6.45) is 70.1. The van der Waals surface area contributed by atoms with Crippen molar-refractivity contribution < 1.29 is 24.5 Å². The van der Waals surface area contributed by atoms with Gasteiger partial charge in [-0.05, 0) is 77.0 Å². The Kier molecular flexibility index (Phi) is 55.0. The van der Waals surface area contributed by atoms with Gasteiger partial charge in [-0.1, -0.05) is 262 Å². The highest BCUT2D eigenvalue weighted by atomic mass is 16.5. The molecule has 0 radical (unpaired) electrons. The minimum atomic E-state index is -0.665. The van der Waals surface area contributed by atoms with Crippen molar-refractivity contribution in [1.29, 1.82) is 0 Å². The first-order valence-corrected chi connectivity index (χ1v) is 29.7. The molecule has 3 N–H and O–H groups in total. The van der Waals surface area contributed by atoms with Crippen LogP contribution in [-0.4, -0.2) is 47.4 Å². The van der Waals surface area contributed by atoms with Crippen LogP contribution in [0.15, 0.2) is 36.5 Å². The van der Waals surface area contributed by atoms with E-state index in [0.29, 0.717) is 25.9 Å². The van der Waals surface area contributed by atoms with Gasteiger partial charge in [-0.25, -0.2) is 0 Å². The molecule has 0 heterocycles. The zero-order valence-electron chi connectivity index (χ0n) is 44.9. The SMILES string of the molecule is CCCC/C=C\C/C=C\CCCCCCCC(=O)OCCCCCCCCCCCCCC/C=C\CCCCCCCCCCCC(=O)NC(CO)C(O)CCCCCCCCCCCCC. The predicted octanol–water partition coefficient (Wildman–Crippen LogP) is 18.4. The lowest BCUT2D eigenvalue weighted by Gasteiger charge is -2.22. The third-order valence-electron chi connectivity index (χ3n) is 13.7. The van der Waals surface area contributed by atoms with E-state index in [-0.39, 0.29) is 18.5 Å². The van der Waals surface area contributed by atoms with E-state index < -0.39 is 12.1 Å². The van der Waals surface area contributed by atoms with Crippen LogP contribution in [0.25, 0.3) is 0 Å². The second-order valence-electron chi connectivity index (χ2n) is 20.3. The third-order valence-corrected chi connectivity index (χ3v) is 13.7. The maximum Gasteiger partial charge on any atom is 0.305 e. The van der Waals surface area contributed by atoms with Crippen molar-refractivity contribution in [3.8, 4) is 0 Å². The summed E-state index contributed by atoms with van der Waals surface area (Å²) >= 11 is 0. The lowest BCUT2D eigenvalue weighted by molar-refractivity contribution is -0.143. The molecule has 6 nitrogen and oxygen atoms in total. The molecule has 0 aromatic rings. The second-order valence-corrected chi connectivity index (χ2v) is 20.3. The minimum absolute atomic E-state index is 0.00144. The van der Waals surface area contributed by atoms with Crippen molar-refractivity contribution in [1.82, 2.24) is 5.32 Å². The van der Waals surface area contributed by atoms with Crippen LogP contribution in [0.4, 0.5) is 0 Å². The van der Waals surface area contributed by atoms with E-state index in [2.05, 4.69) is 55.6 Å². The molecule has 0 rings (SSSR count). The zero-order valence-corrected chi connectivity index (χ0v) is 44.9. The molecule has 6 heteroatoms. The van der Waals surface area contributed by atoms with Crippen LogP contribution in [0.2, 0.25) is 0 Å². The van der Waals surface area contributed by atoms with Crippen LogP contribution < -0.4 is 5.32 Å². The highest BCUT2D eigenvalue weighted by molar-refractivity contribution is 5.76. The molecule has 394 valence electrons. The largest absolute Gasteiger partial charge is 0.466 e. The number of aliphatic hydroxyl groups excluding tert-OH is 2. The summed E-state index contributed by atoms with van der Waals surface area (Å²) < 4.78 is 5.47. The van der Waals surface area contributed by atoms with E-state index in [1.165, 1.54) is 231 Å². The van der Waals surface area contributed by atoms with Gasteiger partial charge in [0.05, 0.1) is 25.4 Å². The molecule has 2 atom stereocenters. The first-order valence-electron chi connectivity index (χ1n) is 29.7. The van der Waals surface area contributed by atoms with Gasteiger partial charge in [0.1, 0.15) is 0 Å². The number of esters is 1. The first kappa shape index (κ1) is 65.1. The number of hydrogen-bond acceptors (Lipinski definition) is 5. The highest BCUT2D eigenvalue weighted by Gasteiger charge is 2.20. The number of nitrogens with one attached hydrogen (secondary N) is 1.